The monoisotopic (exact) mass is 412 g/mol. The van der Waals surface area contributed by atoms with Crippen LogP contribution in [0.3, 0.4) is 0 Å². The highest BCUT2D eigenvalue weighted by Gasteiger charge is 2.60. The molecule has 29 heavy (non-hydrogen) atoms. The maximum Gasteiger partial charge on any atom is 0.0544 e. The van der Waals surface area contributed by atoms with Gasteiger partial charge in [0.1, 0.15) is 0 Å². The Morgan fingerprint density at radius 2 is 0.897 bits per heavy atom. The summed E-state index contributed by atoms with van der Waals surface area (Å²) in [6.07, 6.45) is 25.6. The third-order valence-electron chi connectivity index (χ3n) is 12.3. The zero-order chi connectivity index (χ0) is 19.6. The molecule has 0 amide bonds. The van der Waals surface area contributed by atoms with E-state index in [4.69, 9.17) is 0 Å². The van der Waals surface area contributed by atoms with E-state index in [1.807, 2.05) is 0 Å². The highest BCUT2D eigenvalue weighted by atomic mass is 28.3. The van der Waals surface area contributed by atoms with Crippen molar-refractivity contribution in [1.82, 2.24) is 0 Å². The van der Waals surface area contributed by atoms with E-state index in [-0.39, 0.29) is 0 Å². The molecule has 6 aliphatic carbocycles. The van der Waals surface area contributed by atoms with Gasteiger partial charge in [-0.15, -0.1) is 0 Å². The van der Waals surface area contributed by atoms with Crippen LogP contribution in [0.4, 0.5) is 0 Å². The summed E-state index contributed by atoms with van der Waals surface area (Å²) < 4.78 is 0. The molecule has 0 nitrogen and oxygen atoms in total. The third kappa shape index (κ3) is 3.09. The second kappa shape index (κ2) is 7.67. The Hall–Kier alpha value is 0.217. The Balaban J connectivity index is 1.28. The summed E-state index contributed by atoms with van der Waals surface area (Å²) in [6, 6.07) is 0. The third-order valence-corrected chi connectivity index (χ3v) is 17.5. The van der Waals surface area contributed by atoms with Gasteiger partial charge in [0.2, 0.25) is 0 Å². The molecule has 0 N–H and O–H groups in total. The maximum absolute atomic E-state index is 2.94. The lowest BCUT2D eigenvalue weighted by atomic mass is 9.62. The summed E-state index contributed by atoms with van der Waals surface area (Å²) >= 11 is 0. The first-order valence-corrected chi connectivity index (χ1v) is 17.3. The molecule has 0 aromatic rings. The van der Waals surface area contributed by atoms with Crippen LogP contribution in [0.5, 0.6) is 0 Å². The maximum atomic E-state index is 2.94. The zero-order valence-corrected chi connectivity index (χ0v) is 20.6. The van der Waals surface area contributed by atoms with Gasteiger partial charge < -0.3 is 0 Å². The van der Waals surface area contributed by atoms with Crippen LogP contribution in [0.2, 0.25) is 24.2 Å². The highest BCUT2D eigenvalue weighted by Crippen LogP contribution is 2.68. The molecule has 0 aliphatic heterocycles. The first kappa shape index (κ1) is 19.9. The van der Waals surface area contributed by atoms with Crippen molar-refractivity contribution in [3.8, 4) is 0 Å². The van der Waals surface area contributed by atoms with E-state index < -0.39 is 8.07 Å². The van der Waals surface area contributed by atoms with Gasteiger partial charge in [0.25, 0.3) is 0 Å². The number of hydrogen-bond donors (Lipinski definition) is 0. The van der Waals surface area contributed by atoms with E-state index in [0.717, 1.165) is 29.6 Å². The molecule has 6 saturated carbocycles. The normalized spacial score (nSPS) is 52.3. The molecule has 6 fully saturated rings. The molecule has 0 bridgehead atoms. The summed E-state index contributed by atoms with van der Waals surface area (Å²) in [4.78, 5) is 0. The zero-order valence-electron chi connectivity index (χ0n) is 19.6. The molecule has 6 aliphatic rings. The van der Waals surface area contributed by atoms with E-state index in [2.05, 4.69) is 13.1 Å². The van der Waals surface area contributed by atoms with Crippen molar-refractivity contribution in [1.29, 1.82) is 0 Å². The standard InChI is InChI=1S/C28H48Si/c1-29(2,27-18-17-23-20-10-4-3-9-19(20)15-16-24(23)27)28-25-13-7-5-11-21(25)22-12-6-8-14-26(22)28/h19-28H,3-18H2,1-2H3. The first-order chi connectivity index (χ1) is 14.2. The molecule has 0 spiro atoms. The molecule has 9 unspecified atom stereocenters. The van der Waals surface area contributed by atoms with Crippen molar-refractivity contribution in [2.24, 2.45) is 47.3 Å². The molecule has 0 heterocycles. The summed E-state index contributed by atoms with van der Waals surface area (Å²) in [6.45, 7) is 5.89. The molecular formula is C28H48Si. The van der Waals surface area contributed by atoms with Crippen molar-refractivity contribution in [2.45, 2.75) is 127 Å². The van der Waals surface area contributed by atoms with E-state index in [1.54, 1.807) is 103 Å². The Labute approximate surface area is 182 Å². The fourth-order valence-electron chi connectivity index (χ4n) is 11.5. The van der Waals surface area contributed by atoms with Gasteiger partial charge in [0.15, 0.2) is 0 Å². The van der Waals surface area contributed by atoms with Gasteiger partial charge in [-0.2, -0.15) is 0 Å². The minimum absolute atomic E-state index is 1.14. The molecule has 9 atom stereocenters. The van der Waals surface area contributed by atoms with Crippen molar-refractivity contribution < 1.29 is 0 Å². The minimum Gasteiger partial charge on any atom is -0.0689 e. The van der Waals surface area contributed by atoms with E-state index in [0.29, 0.717) is 0 Å². The smallest absolute Gasteiger partial charge is 0.0544 e. The van der Waals surface area contributed by atoms with E-state index in [9.17, 15) is 0 Å². The number of rotatable bonds is 2. The Morgan fingerprint density at radius 3 is 1.55 bits per heavy atom. The van der Waals surface area contributed by atoms with Crippen LogP contribution >= 0.6 is 0 Å². The van der Waals surface area contributed by atoms with Gasteiger partial charge in [-0.1, -0.05) is 77.3 Å². The average molecular weight is 413 g/mol. The second-order valence-electron chi connectivity index (χ2n) is 13.4. The van der Waals surface area contributed by atoms with Crippen LogP contribution < -0.4 is 0 Å². The molecule has 1 heteroatoms. The largest absolute Gasteiger partial charge is 0.0689 e. The van der Waals surface area contributed by atoms with Crippen LogP contribution in [0.1, 0.15) is 103 Å². The highest BCUT2D eigenvalue weighted by molar-refractivity contribution is 6.80. The molecule has 0 aromatic heterocycles. The molecule has 0 aromatic carbocycles. The van der Waals surface area contributed by atoms with Gasteiger partial charge in [0.05, 0.1) is 8.07 Å². The quantitative estimate of drug-likeness (QED) is 0.398. The lowest BCUT2D eigenvalue weighted by Crippen LogP contribution is -2.47. The Kier molecular flexibility index (Phi) is 5.25. The lowest BCUT2D eigenvalue weighted by Gasteiger charge is -2.50. The van der Waals surface area contributed by atoms with Gasteiger partial charge in [-0.3, -0.25) is 0 Å². The van der Waals surface area contributed by atoms with Gasteiger partial charge in [-0.05, 0) is 97.0 Å². The fourth-order valence-corrected chi connectivity index (χ4v) is 17.5. The molecular weight excluding hydrogens is 364 g/mol. The second-order valence-corrected chi connectivity index (χ2v) is 18.4. The average Bonchev–Trinajstić information content (AvgIpc) is 3.34. The van der Waals surface area contributed by atoms with Gasteiger partial charge >= 0.3 is 0 Å². The molecule has 0 radical (unpaired) electrons. The van der Waals surface area contributed by atoms with Crippen molar-refractivity contribution in [2.75, 3.05) is 0 Å². The number of fused-ring (bicyclic) bond motifs is 6. The predicted octanol–water partition coefficient (Wildman–Crippen LogP) is 8.69. The summed E-state index contributed by atoms with van der Waals surface area (Å²) in [5.41, 5.74) is 2.41. The van der Waals surface area contributed by atoms with Gasteiger partial charge in [-0.25, -0.2) is 0 Å². The fraction of sp³-hybridized carbons (Fsp3) is 1.00. The van der Waals surface area contributed by atoms with Crippen molar-refractivity contribution in [3.05, 3.63) is 0 Å². The Morgan fingerprint density at radius 1 is 0.414 bits per heavy atom. The molecule has 0 saturated heterocycles. The first-order valence-electron chi connectivity index (χ1n) is 14.2. The molecule has 164 valence electrons. The van der Waals surface area contributed by atoms with Crippen LogP contribution in [0.15, 0.2) is 0 Å². The van der Waals surface area contributed by atoms with Crippen LogP contribution in [0, 0.1) is 47.3 Å². The minimum atomic E-state index is -1.22. The summed E-state index contributed by atoms with van der Waals surface area (Å²) in [7, 11) is -1.22. The van der Waals surface area contributed by atoms with Crippen LogP contribution in [-0.4, -0.2) is 8.07 Å². The predicted molar refractivity (Wildman–Crippen MR) is 127 cm³/mol. The van der Waals surface area contributed by atoms with E-state index >= 15 is 0 Å². The van der Waals surface area contributed by atoms with Crippen LogP contribution in [0.25, 0.3) is 0 Å². The summed E-state index contributed by atoms with van der Waals surface area (Å²) in [5.74, 6) is 9.30. The lowest BCUT2D eigenvalue weighted by molar-refractivity contribution is 0.0720. The topological polar surface area (TPSA) is 0 Å². The molecule has 6 rings (SSSR count). The SMILES string of the molecule is C[Si](C)(C1CCC2C3CCCCC3CCC21)C1C2CCCCC2C2CCCCC21. The Bertz CT molecular complexity index is 573. The van der Waals surface area contributed by atoms with Crippen molar-refractivity contribution >= 4 is 8.07 Å². The van der Waals surface area contributed by atoms with Crippen LogP contribution in [-0.2, 0) is 0 Å². The number of hydrogen-bond acceptors (Lipinski definition) is 0. The summed E-state index contributed by atoms with van der Waals surface area (Å²) in [5, 5.41) is 0. The van der Waals surface area contributed by atoms with Crippen molar-refractivity contribution in [3.63, 3.8) is 0 Å². The van der Waals surface area contributed by atoms with E-state index in [1.165, 1.54) is 28.8 Å². The van der Waals surface area contributed by atoms with Gasteiger partial charge in [0, 0.05) is 0 Å².